The van der Waals surface area contributed by atoms with E-state index in [0.717, 1.165) is 103 Å². The van der Waals surface area contributed by atoms with Crippen molar-refractivity contribution in [2.75, 3.05) is 59.4 Å². The van der Waals surface area contributed by atoms with Crippen LogP contribution in [0.1, 0.15) is 186 Å². The van der Waals surface area contributed by atoms with Crippen LogP contribution in [0.3, 0.4) is 0 Å². The molecule has 8 aromatic carbocycles. The van der Waals surface area contributed by atoms with Crippen molar-refractivity contribution in [3.63, 3.8) is 0 Å². The molecule has 4 saturated heterocycles. The fourth-order valence-electron chi connectivity index (χ4n) is 12.5. The second-order valence-corrected chi connectivity index (χ2v) is 29.9. The molecule has 0 bridgehead atoms. The van der Waals surface area contributed by atoms with Crippen molar-refractivity contribution in [3.05, 3.63) is 263 Å². The Morgan fingerprint density at radius 3 is 0.923 bits per heavy atom. The van der Waals surface area contributed by atoms with Gasteiger partial charge in [-0.2, -0.15) is 0 Å². The van der Waals surface area contributed by atoms with Crippen LogP contribution >= 0.6 is 12.4 Å². The smallest absolute Gasteiger partial charge is 0.410 e. The first kappa shape index (κ1) is 101. The van der Waals surface area contributed by atoms with Crippen LogP contribution in [0.4, 0.5) is 9.59 Å². The number of aryl methyl sites for hydroxylation is 3. The first-order valence-corrected chi connectivity index (χ1v) is 41.9. The number of hydrogen-bond acceptors (Lipinski definition) is 15. The Labute approximate surface area is 706 Å². The van der Waals surface area contributed by atoms with E-state index in [1.807, 2.05) is 246 Å². The fourth-order valence-corrected chi connectivity index (χ4v) is 12.5. The van der Waals surface area contributed by atoms with Gasteiger partial charge in [0.15, 0.2) is 0 Å². The Hall–Kier alpha value is -9.85. The molecule has 4 aliphatic heterocycles. The minimum absolute atomic E-state index is 0. The monoisotopic (exact) mass is 1630 g/mol. The number of carboxylic acids is 1. The molecule has 4 heterocycles. The van der Waals surface area contributed by atoms with Crippen molar-refractivity contribution in [3.8, 4) is 23.0 Å². The first-order chi connectivity index (χ1) is 56.0. The molecule has 4 unspecified atom stereocenters. The summed E-state index contributed by atoms with van der Waals surface area (Å²) in [6.07, 6.45) is 6.56. The Morgan fingerprint density at radius 2 is 0.658 bits per heavy atom. The molecule has 18 nitrogen and oxygen atoms in total. The summed E-state index contributed by atoms with van der Waals surface area (Å²) in [5, 5.41) is 12.0. The Balaban J connectivity index is 0.000000376. The van der Waals surface area contributed by atoms with Gasteiger partial charge < -0.3 is 59.3 Å². The van der Waals surface area contributed by atoms with Gasteiger partial charge in [0.05, 0.1) is 5.92 Å². The minimum Gasteiger partial charge on any atom is -0.489 e. The molecule has 2 amide bonds. The molecule has 0 radical (unpaired) electrons. The second-order valence-electron chi connectivity index (χ2n) is 29.9. The van der Waals surface area contributed by atoms with E-state index in [2.05, 4.69) is 65.8 Å². The lowest BCUT2D eigenvalue weighted by atomic mass is 9.97. The lowest BCUT2D eigenvalue weighted by Crippen LogP contribution is -2.35. The lowest BCUT2D eigenvalue weighted by molar-refractivity contribution is -0.141. The molecule has 4 fully saturated rings. The first-order valence-electron chi connectivity index (χ1n) is 41.9. The number of carbonyl (C=O) groups is 6. The number of Topliss-reactive ketones (excluding diaryl/α,β-unsaturated/α-hetero) is 3. The fraction of sp³-hybridized carbons (Fsp3) is 0.449. The number of nitrogens with two attached hydrogens (primary N) is 1. The van der Waals surface area contributed by atoms with Gasteiger partial charge in [-0.15, -0.1) is 12.4 Å². The average Bonchev–Trinajstić information content (AvgIpc) is 1.75. The van der Waals surface area contributed by atoms with Crippen LogP contribution in [0.2, 0.25) is 0 Å². The number of ketones is 3. The number of carbonyl (C=O) groups excluding carboxylic acids is 5. The van der Waals surface area contributed by atoms with Crippen molar-refractivity contribution in [2.45, 2.75) is 205 Å². The number of nitrogens with zero attached hydrogens (tertiary/aromatic N) is 3. The summed E-state index contributed by atoms with van der Waals surface area (Å²) in [6, 6.07) is 72.4. The molecule has 638 valence electrons. The van der Waals surface area contributed by atoms with Gasteiger partial charge in [0.2, 0.25) is 0 Å². The van der Waals surface area contributed by atoms with E-state index in [4.69, 9.17) is 39.3 Å². The van der Waals surface area contributed by atoms with Gasteiger partial charge in [0.1, 0.15) is 78.0 Å². The van der Waals surface area contributed by atoms with Crippen LogP contribution < -0.4 is 30.0 Å². The lowest BCUT2D eigenvalue weighted by Gasteiger charge is -2.24. The number of nitrogens with one attached hydrogen (secondary N) is 1. The molecular formula is C98H136ClN5O13. The van der Waals surface area contributed by atoms with Gasteiger partial charge in [-0.3, -0.25) is 19.2 Å². The number of ether oxygens (including phenoxy) is 6. The van der Waals surface area contributed by atoms with Gasteiger partial charge in [-0.05, 0) is 200 Å². The maximum atomic E-state index is 12.6. The molecule has 4 aliphatic rings. The zero-order valence-corrected chi connectivity index (χ0v) is 73.3. The number of benzene rings is 8. The zero-order chi connectivity index (χ0) is 85.1. The van der Waals surface area contributed by atoms with E-state index in [1.165, 1.54) is 21.6 Å². The summed E-state index contributed by atoms with van der Waals surface area (Å²) in [7, 11) is 2.08. The molecule has 4 N–H and O–H groups in total. The molecule has 4 atom stereocenters. The average molecular weight is 1630 g/mol. The normalized spacial score (nSPS) is 15.6. The van der Waals surface area contributed by atoms with E-state index in [-0.39, 0.29) is 48.6 Å². The maximum Gasteiger partial charge on any atom is 0.410 e. The third-order valence-electron chi connectivity index (χ3n) is 18.7. The summed E-state index contributed by atoms with van der Waals surface area (Å²) in [5.74, 6) is 3.51. The highest BCUT2D eigenvalue weighted by Crippen LogP contribution is 2.26. The number of rotatable bonds is 26. The Kier molecular flexibility index (Phi) is 49.6. The summed E-state index contributed by atoms with van der Waals surface area (Å²) in [5.41, 5.74) is 13.7. The second kappa shape index (κ2) is 57.3. The van der Waals surface area contributed by atoms with Crippen molar-refractivity contribution in [2.24, 2.45) is 29.4 Å². The predicted octanol–water partition coefficient (Wildman–Crippen LogP) is 20.7. The van der Waals surface area contributed by atoms with Gasteiger partial charge in [0, 0.05) is 82.8 Å². The highest BCUT2D eigenvalue weighted by Gasteiger charge is 2.35. The van der Waals surface area contributed by atoms with Crippen LogP contribution in [0.15, 0.2) is 218 Å². The number of carboxylic acid groups (broad SMARTS) is 1. The topological polar surface area (TPSA) is 226 Å². The summed E-state index contributed by atoms with van der Waals surface area (Å²) >= 11 is 0. The number of hydrogen-bond donors (Lipinski definition) is 3. The van der Waals surface area contributed by atoms with Crippen molar-refractivity contribution in [1.82, 2.24) is 20.0 Å². The number of aliphatic carboxylic acids is 1. The van der Waals surface area contributed by atoms with Crippen LogP contribution in [0.5, 0.6) is 23.0 Å². The minimum atomic E-state index is -0.846. The zero-order valence-electron chi connectivity index (χ0n) is 72.5. The van der Waals surface area contributed by atoms with Gasteiger partial charge in [-0.1, -0.05) is 225 Å². The largest absolute Gasteiger partial charge is 0.489 e. The summed E-state index contributed by atoms with van der Waals surface area (Å²) in [4.78, 5) is 76.6. The van der Waals surface area contributed by atoms with E-state index >= 15 is 0 Å². The number of halogens is 1. The van der Waals surface area contributed by atoms with Gasteiger partial charge in [0.25, 0.3) is 0 Å². The maximum absolute atomic E-state index is 12.6. The summed E-state index contributed by atoms with van der Waals surface area (Å²) in [6.45, 7) is 35.3. The number of amides is 2. The van der Waals surface area contributed by atoms with E-state index in [9.17, 15) is 28.8 Å². The highest BCUT2D eigenvalue weighted by atomic mass is 35.5. The standard InChI is InChI=1S/C25H31NO4.C21H25NO2.C20H23NO2.C14H15NO.C10H17NO4.4C2H6.ClH/c1-25(2,3)30-24(28)26-16-15-21(17-26)23(27)14-11-19-9-12-22(13-10-19)29-18-20-7-5-4-6-8-20;1-22-14-13-19(15-22)21(23)12-9-17-7-10-20(11-8-17)24-16-18-5-3-2-4-6-18;22-20(18-12-13-21-14-18)11-8-16-6-9-19(10-7-16)23-15-17-4-2-1-3-5-17;15-10-12-6-8-14(9-7-12)16-11-13-4-2-1-3-5-13;1-10(2,3)15-9(14)11-5-4-7(6-11)8(12)13;4*1-2;/h4-10,12-13,21H,11,14-18H2,1-3H3;2-8,10-11,19H,9,12-16H2,1H3;1-7,9-10,18,21H,8,11-15H2;1-9H,10-11,15H2;7H,4-6H2,1-3H3,(H,12,13);4*1-2H3;1H. The Bertz CT molecular complexity index is 3990. The number of likely N-dealkylation sites (tertiary alicyclic amines) is 3. The van der Waals surface area contributed by atoms with Crippen molar-refractivity contribution in [1.29, 1.82) is 0 Å². The molecule has 8 aromatic rings. The molecule has 0 aromatic heterocycles. The highest BCUT2D eigenvalue weighted by molar-refractivity contribution is 5.85. The van der Waals surface area contributed by atoms with E-state index < -0.39 is 29.2 Å². The third-order valence-corrected chi connectivity index (χ3v) is 18.7. The Morgan fingerprint density at radius 1 is 0.376 bits per heavy atom. The molecule has 19 heteroatoms. The summed E-state index contributed by atoms with van der Waals surface area (Å²) < 4.78 is 33.6. The van der Waals surface area contributed by atoms with E-state index in [0.29, 0.717) is 103 Å². The molecule has 117 heavy (non-hydrogen) atoms. The molecule has 0 aliphatic carbocycles. The SMILES string of the molecule is CC.CC.CC.CC.CC(C)(C)OC(=O)N1CCC(C(=O)CCc2ccc(OCc3ccccc3)cc2)C1.CC(C)(C)OC(=O)N1CCC(C(=O)O)C1.CN1CCC(C(=O)CCc2ccc(OCc3ccccc3)cc2)C1.Cl.NCc1ccc(OCc2ccccc2)cc1.O=C(CCc1ccc(OCc2ccccc2)cc1)C1CCNC1. The van der Waals surface area contributed by atoms with E-state index in [1.54, 1.807) is 25.7 Å². The van der Waals surface area contributed by atoms with Crippen LogP contribution in [0.25, 0.3) is 0 Å². The van der Waals surface area contributed by atoms with Gasteiger partial charge in [-0.25, -0.2) is 9.59 Å². The van der Waals surface area contributed by atoms with Crippen LogP contribution in [-0.2, 0) is 80.9 Å². The molecule has 0 saturated carbocycles. The molecular weight excluding hydrogens is 1490 g/mol. The van der Waals surface area contributed by atoms with Crippen LogP contribution in [0, 0.1) is 23.7 Å². The van der Waals surface area contributed by atoms with Crippen molar-refractivity contribution >= 4 is 47.9 Å². The third kappa shape index (κ3) is 41.2. The van der Waals surface area contributed by atoms with Gasteiger partial charge >= 0.3 is 18.2 Å². The predicted molar refractivity (Wildman–Crippen MR) is 475 cm³/mol. The molecule has 0 spiro atoms. The van der Waals surface area contributed by atoms with Crippen molar-refractivity contribution < 1.29 is 62.3 Å². The quantitative estimate of drug-likeness (QED) is 0.0458. The molecule has 12 rings (SSSR count). The van der Waals surface area contributed by atoms with Crippen LogP contribution in [-0.4, -0.2) is 126 Å².